The highest BCUT2D eigenvalue weighted by Crippen LogP contribution is 2.34. The van der Waals surface area contributed by atoms with Crippen LogP contribution in [0.5, 0.6) is 0 Å². The van der Waals surface area contributed by atoms with Gasteiger partial charge in [0.2, 0.25) is 0 Å². The van der Waals surface area contributed by atoms with E-state index in [0.29, 0.717) is 5.16 Å². The Hall–Kier alpha value is -1.05. The van der Waals surface area contributed by atoms with E-state index in [1.807, 2.05) is 39.0 Å². The molecular formula is C13H17BrN4OS. The van der Waals surface area contributed by atoms with Crippen LogP contribution in [0.3, 0.4) is 0 Å². The van der Waals surface area contributed by atoms with Gasteiger partial charge in [-0.1, -0.05) is 6.07 Å². The number of rotatable bonds is 4. The molecule has 3 N–H and O–H groups in total. The van der Waals surface area contributed by atoms with Crippen molar-refractivity contribution in [1.29, 1.82) is 0 Å². The van der Waals surface area contributed by atoms with E-state index in [-0.39, 0.29) is 17.8 Å². The summed E-state index contributed by atoms with van der Waals surface area (Å²) in [5, 5.41) is 7.22. The Morgan fingerprint density at radius 3 is 2.65 bits per heavy atom. The third-order valence-corrected chi connectivity index (χ3v) is 4.84. The van der Waals surface area contributed by atoms with Gasteiger partial charge in [-0.2, -0.15) is 0 Å². The summed E-state index contributed by atoms with van der Waals surface area (Å²) < 4.78 is 2.58. The number of nitrogens with zero attached hydrogens (tertiary/aromatic N) is 2. The molecule has 0 fully saturated rings. The van der Waals surface area contributed by atoms with Crippen LogP contribution in [0.15, 0.2) is 37.5 Å². The topological polar surface area (TPSA) is 76.7 Å². The van der Waals surface area contributed by atoms with E-state index in [4.69, 9.17) is 5.73 Å². The van der Waals surface area contributed by atoms with Gasteiger partial charge in [-0.25, -0.2) is 9.89 Å². The van der Waals surface area contributed by atoms with Gasteiger partial charge in [0, 0.05) is 21.5 Å². The van der Waals surface area contributed by atoms with Crippen LogP contribution in [0.1, 0.15) is 38.4 Å². The number of hydrogen-bond acceptors (Lipinski definition) is 4. The molecule has 1 aromatic carbocycles. The van der Waals surface area contributed by atoms with E-state index >= 15 is 0 Å². The lowest BCUT2D eigenvalue weighted by Crippen LogP contribution is -2.19. The molecule has 0 aliphatic rings. The molecule has 0 aliphatic carbocycles. The molecule has 1 heterocycles. The molecule has 0 amide bonds. The largest absolute Gasteiger partial charge is 0.344 e. The monoisotopic (exact) mass is 356 g/mol. The average molecular weight is 357 g/mol. The summed E-state index contributed by atoms with van der Waals surface area (Å²) in [6.07, 6.45) is 0. The number of hydrogen-bond donors (Lipinski definition) is 2. The quantitative estimate of drug-likeness (QED) is 0.882. The molecule has 0 saturated carbocycles. The fourth-order valence-corrected chi connectivity index (χ4v) is 3.41. The third kappa shape index (κ3) is 3.16. The first-order valence-corrected chi connectivity index (χ1v) is 7.91. The zero-order valence-electron chi connectivity index (χ0n) is 11.6. The van der Waals surface area contributed by atoms with Gasteiger partial charge < -0.3 is 5.73 Å². The van der Waals surface area contributed by atoms with Gasteiger partial charge in [-0.15, -0.1) is 5.10 Å². The zero-order valence-corrected chi connectivity index (χ0v) is 14.0. The number of nitrogens with one attached hydrogen (secondary N) is 1. The van der Waals surface area contributed by atoms with Gasteiger partial charge in [0.05, 0.1) is 0 Å². The number of aromatic nitrogens is 3. The standard InChI is InChI=1S/C13H17BrN4OS/c1-7(2)18-12(19)16-17-13(18)20-11-5-4-9(8(3)15)6-10(11)14/h4-8H,15H2,1-3H3,(H,16,19). The van der Waals surface area contributed by atoms with Gasteiger partial charge in [0.15, 0.2) is 5.16 Å². The minimum atomic E-state index is -0.189. The fourth-order valence-electron chi connectivity index (χ4n) is 1.80. The smallest absolute Gasteiger partial charge is 0.324 e. The Morgan fingerprint density at radius 1 is 1.40 bits per heavy atom. The minimum absolute atomic E-state index is 0.00965. The summed E-state index contributed by atoms with van der Waals surface area (Å²) in [7, 11) is 0. The van der Waals surface area contributed by atoms with Crippen LogP contribution < -0.4 is 11.4 Å². The Balaban J connectivity index is 2.34. The van der Waals surface area contributed by atoms with Crippen LogP contribution in [0.25, 0.3) is 0 Å². The molecule has 0 saturated heterocycles. The molecule has 7 heteroatoms. The number of halogens is 1. The minimum Gasteiger partial charge on any atom is -0.324 e. The average Bonchev–Trinajstić information content (AvgIpc) is 2.72. The number of H-pyrrole nitrogens is 1. The molecule has 2 rings (SSSR count). The molecule has 5 nitrogen and oxygen atoms in total. The highest BCUT2D eigenvalue weighted by atomic mass is 79.9. The van der Waals surface area contributed by atoms with Crippen molar-refractivity contribution in [3.8, 4) is 0 Å². The lowest BCUT2D eigenvalue weighted by atomic mass is 10.1. The highest BCUT2D eigenvalue weighted by molar-refractivity contribution is 9.10. The van der Waals surface area contributed by atoms with E-state index in [1.165, 1.54) is 11.8 Å². The van der Waals surface area contributed by atoms with E-state index in [9.17, 15) is 4.79 Å². The molecule has 108 valence electrons. The molecule has 1 aromatic heterocycles. The van der Waals surface area contributed by atoms with Crippen LogP contribution >= 0.6 is 27.7 Å². The maximum Gasteiger partial charge on any atom is 0.344 e. The maximum absolute atomic E-state index is 11.7. The van der Waals surface area contributed by atoms with Gasteiger partial charge >= 0.3 is 5.69 Å². The van der Waals surface area contributed by atoms with Gasteiger partial charge in [0.25, 0.3) is 0 Å². The van der Waals surface area contributed by atoms with Crippen molar-refractivity contribution in [2.45, 2.75) is 42.9 Å². The van der Waals surface area contributed by atoms with Crippen molar-refractivity contribution in [3.05, 3.63) is 38.7 Å². The first-order valence-electron chi connectivity index (χ1n) is 6.30. The Bertz CT molecular complexity index is 663. The highest BCUT2D eigenvalue weighted by Gasteiger charge is 2.14. The third-order valence-electron chi connectivity index (χ3n) is 2.87. The van der Waals surface area contributed by atoms with Crippen LogP contribution in [0.4, 0.5) is 0 Å². The summed E-state index contributed by atoms with van der Waals surface area (Å²) in [4.78, 5) is 12.7. The Kier molecular flexibility index (Phi) is 4.72. The van der Waals surface area contributed by atoms with E-state index in [2.05, 4.69) is 26.1 Å². The van der Waals surface area contributed by atoms with Crippen LogP contribution in [-0.2, 0) is 0 Å². The molecule has 1 unspecified atom stereocenters. The molecule has 20 heavy (non-hydrogen) atoms. The predicted molar refractivity (Wildman–Crippen MR) is 84.1 cm³/mol. The van der Waals surface area contributed by atoms with Gasteiger partial charge in [0.1, 0.15) is 0 Å². The van der Waals surface area contributed by atoms with Crippen molar-refractivity contribution in [2.75, 3.05) is 0 Å². The lowest BCUT2D eigenvalue weighted by molar-refractivity contribution is 0.534. The molecule has 0 bridgehead atoms. The first kappa shape index (κ1) is 15.3. The second kappa shape index (κ2) is 6.15. The summed E-state index contributed by atoms with van der Waals surface area (Å²) >= 11 is 4.98. The molecular weight excluding hydrogens is 340 g/mol. The van der Waals surface area contributed by atoms with Crippen molar-refractivity contribution >= 4 is 27.7 Å². The zero-order chi connectivity index (χ0) is 14.9. The summed E-state index contributed by atoms with van der Waals surface area (Å²) in [6, 6.07) is 6.02. The number of nitrogens with two attached hydrogens (primary N) is 1. The molecule has 0 spiro atoms. The molecule has 0 radical (unpaired) electrons. The predicted octanol–water partition coefficient (Wildman–Crippen LogP) is 3.09. The molecule has 2 aromatic rings. The summed E-state index contributed by atoms with van der Waals surface area (Å²) in [5.41, 5.74) is 6.73. The van der Waals surface area contributed by atoms with Crippen LogP contribution in [0.2, 0.25) is 0 Å². The maximum atomic E-state index is 11.7. The first-order chi connectivity index (χ1) is 9.40. The van der Waals surface area contributed by atoms with Crippen molar-refractivity contribution < 1.29 is 0 Å². The summed E-state index contributed by atoms with van der Waals surface area (Å²) in [5.74, 6) is 0. The molecule has 1 atom stereocenters. The van der Waals surface area contributed by atoms with Gasteiger partial charge in [-0.05, 0) is 66.2 Å². The summed E-state index contributed by atoms with van der Waals surface area (Å²) in [6.45, 7) is 5.85. The lowest BCUT2D eigenvalue weighted by Gasteiger charge is -2.11. The van der Waals surface area contributed by atoms with E-state index in [0.717, 1.165) is 14.9 Å². The second-order valence-electron chi connectivity index (χ2n) is 4.86. The van der Waals surface area contributed by atoms with Crippen molar-refractivity contribution in [1.82, 2.24) is 14.8 Å². The van der Waals surface area contributed by atoms with Gasteiger partial charge in [-0.3, -0.25) is 4.57 Å². The number of benzene rings is 1. The van der Waals surface area contributed by atoms with E-state index in [1.54, 1.807) is 4.57 Å². The number of aromatic amines is 1. The SMILES string of the molecule is CC(N)c1ccc(Sc2n[nH]c(=O)n2C(C)C)c(Br)c1. The Labute approximate surface area is 130 Å². The normalized spacial score (nSPS) is 12.9. The Morgan fingerprint density at radius 2 is 2.10 bits per heavy atom. The van der Waals surface area contributed by atoms with Crippen molar-refractivity contribution in [2.24, 2.45) is 5.73 Å². The van der Waals surface area contributed by atoms with Crippen LogP contribution in [0, 0.1) is 0 Å². The second-order valence-corrected chi connectivity index (χ2v) is 6.72. The fraction of sp³-hybridized carbons (Fsp3) is 0.385. The van der Waals surface area contributed by atoms with Crippen molar-refractivity contribution in [3.63, 3.8) is 0 Å². The molecule has 0 aliphatic heterocycles. The van der Waals surface area contributed by atoms with E-state index < -0.39 is 0 Å². The van der Waals surface area contributed by atoms with Crippen LogP contribution in [-0.4, -0.2) is 14.8 Å².